The zero-order chi connectivity index (χ0) is 13.4. The van der Waals surface area contributed by atoms with E-state index < -0.39 is 0 Å². The smallest absolute Gasteiger partial charge is 0.159 e. The second-order valence-electron chi connectivity index (χ2n) is 4.54. The van der Waals surface area contributed by atoms with Crippen LogP contribution < -0.4 is 10.1 Å². The van der Waals surface area contributed by atoms with E-state index in [1.165, 1.54) is 5.69 Å². The average Bonchev–Trinajstić information content (AvgIpc) is 2.76. The highest BCUT2D eigenvalue weighted by atomic mass is 16.5. The van der Waals surface area contributed by atoms with Gasteiger partial charge in [-0.25, -0.2) is 0 Å². The van der Waals surface area contributed by atoms with Gasteiger partial charge in [0.15, 0.2) is 5.75 Å². The summed E-state index contributed by atoms with van der Waals surface area (Å²) in [6.45, 7) is 6.90. The Morgan fingerprint density at radius 3 is 2.72 bits per heavy atom. The van der Waals surface area contributed by atoms with E-state index in [-0.39, 0.29) is 0 Å². The summed E-state index contributed by atoms with van der Waals surface area (Å²) in [6.07, 6.45) is 3.84. The Morgan fingerprint density at radius 1 is 1.33 bits per heavy atom. The zero-order valence-electron chi connectivity index (χ0n) is 11.9. The lowest BCUT2D eigenvalue weighted by Crippen LogP contribution is -2.21. The molecule has 0 amide bonds. The highest BCUT2D eigenvalue weighted by Crippen LogP contribution is 2.22. The van der Waals surface area contributed by atoms with Gasteiger partial charge in [-0.2, -0.15) is 5.10 Å². The standard InChI is InChI=1S/C13H25N3O2/c1-11(2)16-12(13(18-4)10-15-16)6-5-7-14-8-9-17-3/h10-11,14H,5-9H2,1-4H3. The van der Waals surface area contributed by atoms with Crippen molar-refractivity contribution in [3.05, 3.63) is 11.9 Å². The lowest BCUT2D eigenvalue weighted by Gasteiger charge is -2.12. The van der Waals surface area contributed by atoms with E-state index in [0.717, 1.165) is 38.3 Å². The van der Waals surface area contributed by atoms with Gasteiger partial charge in [0, 0.05) is 19.7 Å². The summed E-state index contributed by atoms with van der Waals surface area (Å²) in [5, 5.41) is 7.71. The van der Waals surface area contributed by atoms with Crippen LogP contribution in [0, 0.1) is 0 Å². The number of hydrogen-bond donors (Lipinski definition) is 1. The first kappa shape index (κ1) is 15.0. The van der Waals surface area contributed by atoms with Gasteiger partial charge in [0.25, 0.3) is 0 Å². The Hall–Kier alpha value is -1.07. The van der Waals surface area contributed by atoms with Crippen molar-refractivity contribution < 1.29 is 9.47 Å². The molecule has 1 aromatic rings. The molecule has 0 aromatic carbocycles. The van der Waals surface area contributed by atoms with Gasteiger partial charge in [-0.15, -0.1) is 0 Å². The SMILES string of the molecule is COCCNCCCc1c(OC)cnn1C(C)C. The molecule has 0 unspecified atom stereocenters. The maximum Gasteiger partial charge on any atom is 0.159 e. The predicted molar refractivity (Wildman–Crippen MR) is 72.2 cm³/mol. The van der Waals surface area contributed by atoms with Gasteiger partial charge in [0.1, 0.15) is 0 Å². The second kappa shape index (κ2) is 8.11. The van der Waals surface area contributed by atoms with Gasteiger partial charge in [-0.05, 0) is 33.2 Å². The van der Waals surface area contributed by atoms with Gasteiger partial charge in [0.2, 0.25) is 0 Å². The largest absolute Gasteiger partial charge is 0.493 e. The van der Waals surface area contributed by atoms with Crippen molar-refractivity contribution in [2.75, 3.05) is 33.9 Å². The van der Waals surface area contributed by atoms with Crippen LogP contribution in [-0.2, 0) is 11.2 Å². The van der Waals surface area contributed by atoms with Crippen LogP contribution in [0.5, 0.6) is 5.75 Å². The van der Waals surface area contributed by atoms with E-state index in [2.05, 4.69) is 24.3 Å². The maximum absolute atomic E-state index is 5.35. The van der Waals surface area contributed by atoms with Crippen LogP contribution in [0.2, 0.25) is 0 Å². The van der Waals surface area contributed by atoms with E-state index in [0.29, 0.717) is 6.04 Å². The molecule has 0 aliphatic heterocycles. The molecule has 0 saturated carbocycles. The second-order valence-corrected chi connectivity index (χ2v) is 4.54. The van der Waals surface area contributed by atoms with Gasteiger partial charge < -0.3 is 14.8 Å². The molecule has 0 fully saturated rings. The Labute approximate surface area is 109 Å². The summed E-state index contributed by atoms with van der Waals surface area (Å²) in [7, 11) is 3.41. The molecule has 1 N–H and O–H groups in total. The van der Waals surface area contributed by atoms with Crippen molar-refractivity contribution in [2.45, 2.75) is 32.7 Å². The van der Waals surface area contributed by atoms with Crippen molar-refractivity contribution in [1.82, 2.24) is 15.1 Å². The number of hydrogen-bond acceptors (Lipinski definition) is 4. The number of rotatable bonds is 9. The minimum Gasteiger partial charge on any atom is -0.493 e. The monoisotopic (exact) mass is 255 g/mol. The minimum absolute atomic E-state index is 0.366. The molecule has 1 rings (SSSR count). The molecular formula is C13H25N3O2. The normalized spacial score (nSPS) is 11.2. The maximum atomic E-state index is 5.35. The lowest BCUT2D eigenvalue weighted by atomic mass is 10.2. The number of ether oxygens (including phenoxy) is 2. The molecule has 18 heavy (non-hydrogen) atoms. The van der Waals surface area contributed by atoms with E-state index in [4.69, 9.17) is 9.47 Å². The van der Waals surface area contributed by atoms with E-state index in [1.807, 2.05) is 4.68 Å². The van der Waals surface area contributed by atoms with E-state index >= 15 is 0 Å². The number of aromatic nitrogens is 2. The topological polar surface area (TPSA) is 48.3 Å². The van der Waals surface area contributed by atoms with Crippen LogP contribution in [0.25, 0.3) is 0 Å². The summed E-state index contributed by atoms with van der Waals surface area (Å²) in [5.41, 5.74) is 1.18. The molecule has 5 nitrogen and oxygen atoms in total. The molecule has 5 heteroatoms. The van der Waals surface area contributed by atoms with Crippen LogP contribution >= 0.6 is 0 Å². The van der Waals surface area contributed by atoms with Gasteiger partial charge in [-0.1, -0.05) is 0 Å². The van der Waals surface area contributed by atoms with Gasteiger partial charge in [-0.3, -0.25) is 4.68 Å². The Bertz CT molecular complexity index is 337. The number of nitrogens with one attached hydrogen (secondary N) is 1. The summed E-state index contributed by atoms with van der Waals surface area (Å²) in [6, 6.07) is 0.366. The summed E-state index contributed by atoms with van der Waals surface area (Å²) in [5.74, 6) is 0.889. The van der Waals surface area contributed by atoms with Crippen LogP contribution in [-0.4, -0.2) is 43.7 Å². The molecule has 0 saturated heterocycles. The highest BCUT2D eigenvalue weighted by molar-refractivity contribution is 5.25. The average molecular weight is 255 g/mol. The molecular weight excluding hydrogens is 230 g/mol. The Morgan fingerprint density at radius 2 is 2.11 bits per heavy atom. The minimum atomic E-state index is 0.366. The quantitative estimate of drug-likeness (QED) is 0.682. The predicted octanol–water partition coefficient (Wildman–Crippen LogP) is 1.64. The van der Waals surface area contributed by atoms with Crippen molar-refractivity contribution in [1.29, 1.82) is 0 Å². The van der Waals surface area contributed by atoms with E-state index in [9.17, 15) is 0 Å². The zero-order valence-corrected chi connectivity index (χ0v) is 11.9. The first-order valence-electron chi connectivity index (χ1n) is 6.50. The summed E-state index contributed by atoms with van der Waals surface area (Å²) >= 11 is 0. The molecule has 0 atom stereocenters. The van der Waals surface area contributed by atoms with Gasteiger partial charge >= 0.3 is 0 Å². The first-order chi connectivity index (χ1) is 8.70. The highest BCUT2D eigenvalue weighted by Gasteiger charge is 2.12. The third-order valence-electron chi connectivity index (χ3n) is 2.82. The lowest BCUT2D eigenvalue weighted by molar-refractivity contribution is 0.199. The first-order valence-corrected chi connectivity index (χ1v) is 6.50. The molecule has 0 bridgehead atoms. The van der Waals surface area contributed by atoms with Crippen LogP contribution in [0.15, 0.2) is 6.20 Å². The van der Waals surface area contributed by atoms with E-state index in [1.54, 1.807) is 20.4 Å². The molecule has 0 aliphatic carbocycles. The molecule has 0 radical (unpaired) electrons. The Balaban J connectivity index is 2.42. The fourth-order valence-corrected chi connectivity index (χ4v) is 1.91. The third-order valence-corrected chi connectivity index (χ3v) is 2.82. The van der Waals surface area contributed by atoms with Gasteiger partial charge in [0.05, 0.1) is 25.6 Å². The van der Waals surface area contributed by atoms with Crippen molar-refractivity contribution in [3.8, 4) is 5.75 Å². The molecule has 0 aliphatic rings. The fourth-order valence-electron chi connectivity index (χ4n) is 1.91. The van der Waals surface area contributed by atoms with Crippen LogP contribution in [0.1, 0.15) is 32.0 Å². The number of nitrogens with zero attached hydrogens (tertiary/aromatic N) is 2. The number of methoxy groups -OCH3 is 2. The molecule has 1 heterocycles. The summed E-state index contributed by atoms with van der Waals surface area (Å²) < 4.78 is 12.4. The van der Waals surface area contributed by atoms with Crippen LogP contribution in [0.3, 0.4) is 0 Å². The van der Waals surface area contributed by atoms with Crippen molar-refractivity contribution in [2.24, 2.45) is 0 Å². The summed E-state index contributed by atoms with van der Waals surface area (Å²) in [4.78, 5) is 0. The van der Waals surface area contributed by atoms with Crippen LogP contribution in [0.4, 0.5) is 0 Å². The third kappa shape index (κ3) is 4.31. The molecule has 0 spiro atoms. The molecule has 1 aromatic heterocycles. The van der Waals surface area contributed by atoms with Crippen molar-refractivity contribution >= 4 is 0 Å². The van der Waals surface area contributed by atoms with Crippen molar-refractivity contribution in [3.63, 3.8) is 0 Å². The molecule has 104 valence electrons. The Kier molecular flexibility index (Phi) is 6.75. The fraction of sp³-hybridized carbons (Fsp3) is 0.769.